The summed E-state index contributed by atoms with van der Waals surface area (Å²) in [4.78, 5) is 0. The number of nitrogens with two attached hydrogens (primary N) is 1. The number of hydrogen-bond donors (Lipinski definition) is 2. The largest absolute Gasteiger partial charge is 0.408 e. The van der Waals surface area contributed by atoms with E-state index in [0.29, 0.717) is 18.4 Å². The van der Waals surface area contributed by atoms with Crippen LogP contribution in [0.15, 0.2) is 4.42 Å². The average molecular weight is 196 g/mol. The smallest absolute Gasteiger partial charge is 0.312 e. The van der Waals surface area contributed by atoms with E-state index in [9.17, 15) is 0 Å². The van der Waals surface area contributed by atoms with Gasteiger partial charge < -0.3 is 20.2 Å². The minimum Gasteiger partial charge on any atom is -0.408 e. The van der Waals surface area contributed by atoms with Crippen LogP contribution in [0.5, 0.6) is 0 Å². The lowest BCUT2D eigenvalue weighted by Crippen LogP contribution is -2.35. The zero-order valence-electron chi connectivity index (χ0n) is 7.69. The summed E-state index contributed by atoms with van der Waals surface area (Å²) in [5.74, 6) is 1.05. The zero-order chi connectivity index (χ0) is 9.60. The Bertz CT molecular complexity index is 341. The molecule has 2 unspecified atom stereocenters. The van der Waals surface area contributed by atoms with Crippen LogP contribution in [0.1, 0.15) is 5.89 Å². The van der Waals surface area contributed by atoms with Crippen LogP contribution in [0.2, 0.25) is 0 Å². The van der Waals surface area contributed by atoms with Gasteiger partial charge in [0.2, 0.25) is 5.89 Å². The number of nitrogens with one attached hydrogen (secondary N) is 1. The van der Waals surface area contributed by atoms with Crippen LogP contribution in [0.25, 0.3) is 0 Å². The lowest BCUT2D eigenvalue weighted by Gasteiger charge is -2.20. The highest BCUT2D eigenvalue weighted by Crippen LogP contribution is 2.39. The molecular weight excluding hydrogens is 184 g/mol. The van der Waals surface area contributed by atoms with Gasteiger partial charge in [0.05, 0.1) is 18.6 Å². The van der Waals surface area contributed by atoms with Gasteiger partial charge in [0.1, 0.15) is 0 Å². The van der Waals surface area contributed by atoms with Crippen molar-refractivity contribution in [3.63, 3.8) is 0 Å². The predicted octanol–water partition coefficient (Wildman–Crippen LogP) is -0.861. The zero-order valence-corrected chi connectivity index (χ0v) is 7.69. The summed E-state index contributed by atoms with van der Waals surface area (Å²) in [6, 6.07) is 0.131. The standard InChI is InChI=1S/C8H12N4O2/c9-7-12-11-6(14-7)8-3-10-1-5(8)2-13-4-8/h5,10H,1-4H2,(H2,9,12). The average Bonchev–Trinajstić information content (AvgIpc) is 2.75. The maximum absolute atomic E-state index is 5.47. The van der Waals surface area contributed by atoms with Crippen molar-refractivity contribution in [1.29, 1.82) is 0 Å². The van der Waals surface area contributed by atoms with E-state index in [1.165, 1.54) is 0 Å². The first-order valence-electron chi connectivity index (χ1n) is 4.69. The summed E-state index contributed by atoms with van der Waals surface area (Å²) in [7, 11) is 0. The minimum atomic E-state index is -0.134. The molecule has 0 amide bonds. The van der Waals surface area contributed by atoms with Crippen LogP contribution in [0, 0.1) is 5.92 Å². The van der Waals surface area contributed by atoms with E-state index in [-0.39, 0.29) is 11.4 Å². The molecule has 76 valence electrons. The number of nitrogens with zero attached hydrogens (tertiary/aromatic N) is 2. The predicted molar refractivity (Wildman–Crippen MR) is 47.6 cm³/mol. The normalized spacial score (nSPS) is 36.1. The molecule has 0 bridgehead atoms. The summed E-state index contributed by atoms with van der Waals surface area (Å²) in [6.07, 6.45) is 0. The first-order valence-corrected chi connectivity index (χ1v) is 4.69. The van der Waals surface area contributed by atoms with Crippen LogP contribution in [-0.4, -0.2) is 36.5 Å². The molecule has 0 aliphatic carbocycles. The number of aromatic nitrogens is 2. The van der Waals surface area contributed by atoms with Crippen LogP contribution in [-0.2, 0) is 10.2 Å². The molecular formula is C8H12N4O2. The Morgan fingerprint density at radius 3 is 3.21 bits per heavy atom. The highest BCUT2D eigenvalue weighted by atomic mass is 16.5. The van der Waals surface area contributed by atoms with Gasteiger partial charge >= 0.3 is 6.01 Å². The molecule has 0 spiro atoms. The molecule has 2 atom stereocenters. The lowest BCUT2D eigenvalue weighted by atomic mass is 9.81. The summed E-state index contributed by atoms with van der Waals surface area (Å²) in [5, 5.41) is 11.0. The number of rotatable bonds is 1. The molecule has 6 nitrogen and oxygen atoms in total. The van der Waals surface area contributed by atoms with Gasteiger partial charge in [0.15, 0.2) is 0 Å². The van der Waals surface area contributed by atoms with Gasteiger partial charge in [-0.1, -0.05) is 5.10 Å². The highest BCUT2D eigenvalue weighted by Gasteiger charge is 2.52. The van der Waals surface area contributed by atoms with E-state index in [0.717, 1.165) is 19.7 Å². The van der Waals surface area contributed by atoms with Gasteiger partial charge in [0.25, 0.3) is 0 Å². The maximum Gasteiger partial charge on any atom is 0.312 e. The van der Waals surface area contributed by atoms with Crippen LogP contribution in [0.4, 0.5) is 6.01 Å². The Balaban J connectivity index is 2.02. The molecule has 1 aromatic rings. The molecule has 0 aromatic carbocycles. The fraction of sp³-hybridized carbons (Fsp3) is 0.750. The molecule has 2 saturated heterocycles. The number of ether oxygens (including phenoxy) is 1. The van der Waals surface area contributed by atoms with Crippen molar-refractivity contribution in [1.82, 2.24) is 15.5 Å². The number of nitrogen functional groups attached to an aromatic ring is 1. The van der Waals surface area contributed by atoms with Crippen molar-refractivity contribution in [3.05, 3.63) is 5.89 Å². The molecule has 0 radical (unpaired) electrons. The van der Waals surface area contributed by atoms with Crippen LogP contribution < -0.4 is 11.1 Å². The molecule has 1 aromatic heterocycles. The van der Waals surface area contributed by atoms with Gasteiger partial charge in [0, 0.05) is 19.0 Å². The Morgan fingerprint density at radius 1 is 1.50 bits per heavy atom. The van der Waals surface area contributed by atoms with Gasteiger partial charge in [-0.2, -0.15) is 0 Å². The number of anilines is 1. The van der Waals surface area contributed by atoms with E-state index in [2.05, 4.69) is 15.5 Å². The fourth-order valence-corrected chi connectivity index (χ4v) is 2.33. The van der Waals surface area contributed by atoms with E-state index in [1.807, 2.05) is 0 Å². The molecule has 2 aliphatic rings. The van der Waals surface area contributed by atoms with Crippen molar-refractivity contribution < 1.29 is 9.15 Å². The summed E-state index contributed by atoms with van der Waals surface area (Å²) in [6.45, 7) is 3.18. The first kappa shape index (κ1) is 8.19. The van der Waals surface area contributed by atoms with E-state index in [1.54, 1.807) is 0 Å². The molecule has 2 fully saturated rings. The molecule has 6 heteroatoms. The maximum atomic E-state index is 5.47. The monoisotopic (exact) mass is 196 g/mol. The number of hydrogen-bond acceptors (Lipinski definition) is 6. The second-order valence-corrected chi connectivity index (χ2v) is 3.94. The van der Waals surface area contributed by atoms with Gasteiger partial charge in [-0.3, -0.25) is 0 Å². The molecule has 3 heterocycles. The second kappa shape index (κ2) is 2.68. The first-order chi connectivity index (χ1) is 6.81. The summed E-state index contributed by atoms with van der Waals surface area (Å²) in [5.41, 5.74) is 5.29. The summed E-state index contributed by atoms with van der Waals surface area (Å²) >= 11 is 0. The van der Waals surface area contributed by atoms with Crippen molar-refractivity contribution in [3.8, 4) is 0 Å². The Labute approximate surface area is 80.8 Å². The van der Waals surface area contributed by atoms with Crippen molar-refractivity contribution in [2.24, 2.45) is 5.92 Å². The number of fused-ring (bicyclic) bond motifs is 1. The molecule has 0 saturated carbocycles. The third kappa shape index (κ3) is 0.921. The summed E-state index contributed by atoms with van der Waals surface area (Å²) < 4.78 is 10.8. The Hall–Kier alpha value is -1.14. The van der Waals surface area contributed by atoms with Crippen LogP contribution >= 0.6 is 0 Å². The van der Waals surface area contributed by atoms with Gasteiger partial charge in [-0.25, -0.2) is 0 Å². The molecule has 3 rings (SSSR count). The van der Waals surface area contributed by atoms with Crippen LogP contribution in [0.3, 0.4) is 0 Å². The van der Waals surface area contributed by atoms with Gasteiger partial charge in [-0.05, 0) is 0 Å². The molecule has 3 N–H and O–H groups in total. The quantitative estimate of drug-likeness (QED) is 0.607. The Morgan fingerprint density at radius 2 is 2.43 bits per heavy atom. The molecule has 14 heavy (non-hydrogen) atoms. The highest BCUT2D eigenvalue weighted by molar-refractivity contribution is 5.18. The third-order valence-corrected chi connectivity index (χ3v) is 3.16. The van der Waals surface area contributed by atoms with Gasteiger partial charge in [-0.15, -0.1) is 5.10 Å². The SMILES string of the molecule is Nc1nnc(C23CNCC2COC3)o1. The van der Waals surface area contributed by atoms with Crippen molar-refractivity contribution in [2.75, 3.05) is 32.0 Å². The van der Waals surface area contributed by atoms with Crippen molar-refractivity contribution >= 4 is 6.01 Å². The van der Waals surface area contributed by atoms with E-state index >= 15 is 0 Å². The topological polar surface area (TPSA) is 86.2 Å². The van der Waals surface area contributed by atoms with Crippen molar-refractivity contribution in [2.45, 2.75) is 5.41 Å². The fourth-order valence-electron chi connectivity index (χ4n) is 2.33. The second-order valence-electron chi connectivity index (χ2n) is 3.94. The third-order valence-electron chi connectivity index (χ3n) is 3.16. The lowest BCUT2D eigenvalue weighted by molar-refractivity contribution is 0.164. The minimum absolute atomic E-state index is 0.131. The Kier molecular flexibility index (Phi) is 1.57. The van der Waals surface area contributed by atoms with E-state index < -0.39 is 0 Å². The van der Waals surface area contributed by atoms with E-state index in [4.69, 9.17) is 14.9 Å². The molecule has 2 aliphatic heterocycles.